The van der Waals surface area contributed by atoms with E-state index in [2.05, 4.69) is 32.9 Å². The molecule has 27 heavy (non-hydrogen) atoms. The standard InChI is InChI=1S/C20H29N5OS/c1-6-21-20(23-12-18-24-14(4)15(5)27-18)22-11-16-7-9-17(10-8-16)25-19(26)13(2)3/h7-10,13H,6,11-12H2,1-5H3,(H,25,26)(H2,21,22,23). The van der Waals surface area contributed by atoms with Crippen LogP contribution in [0.15, 0.2) is 29.3 Å². The number of hydrogen-bond acceptors (Lipinski definition) is 4. The molecule has 1 aromatic heterocycles. The number of thiazole rings is 1. The van der Waals surface area contributed by atoms with Crippen LogP contribution in [0.3, 0.4) is 0 Å². The molecule has 0 radical (unpaired) electrons. The van der Waals surface area contributed by atoms with Gasteiger partial charge in [0.15, 0.2) is 5.96 Å². The number of anilines is 1. The van der Waals surface area contributed by atoms with Crippen molar-refractivity contribution in [1.82, 2.24) is 15.6 Å². The number of guanidine groups is 1. The van der Waals surface area contributed by atoms with Crippen LogP contribution >= 0.6 is 11.3 Å². The Bertz CT molecular complexity index is 761. The second kappa shape index (κ2) is 10.1. The van der Waals surface area contributed by atoms with Gasteiger partial charge < -0.3 is 16.0 Å². The highest BCUT2D eigenvalue weighted by molar-refractivity contribution is 7.11. The van der Waals surface area contributed by atoms with Crippen LogP contribution in [0.1, 0.15) is 41.9 Å². The van der Waals surface area contributed by atoms with Gasteiger partial charge in [0.1, 0.15) is 5.01 Å². The molecule has 0 atom stereocenters. The molecular formula is C20H29N5OS. The molecule has 1 heterocycles. The van der Waals surface area contributed by atoms with Crippen molar-refractivity contribution in [3.05, 3.63) is 45.4 Å². The highest BCUT2D eigenvalue weighted by atomic mass is 32.1. The first-order valence-electron chi connectivity index (χ1n) is 9.24. The maximum Gasteiger partial charge on any atom is 0.226 e. The Morgan fingerprint density at radius 2 is 1.89 bits per heavy atom. The van der Waals surface area contributed by atoms with E-state index in [1.807, 2.05) is 52.0 Å². The lowest BCUT2D eigenvalue weighted by Crippen LogP contribution is -2.36. The molecule has 6 nitrogen and oxygen atoms in total. The van der Waals surface area contributed by atoms with Crippen LogP contribution in [0.5, 0.6) is 0 Å². The lowest BCUT2D eigenvalue weighted by molar-refractivity contribution is -0.118. The molecule has 1 amide bonds. The number of nitrogens with one attached hydrogen (secondary N) is 3. The summed E-state index contributed by atoms with van der Waals surface area (Å²) in [6.45, 7) is 11.9. The minimum atomic E-state index is -0.0339. The van der Waals surface area contributed by atoms with E-state index in [4.69, 9.17) is 0 Å². The molecule has 1 aromatic carbocycles. The number of carbonyl (C=O) groups is 1. The molecule has 0 saturated heterocycles. The predicted molar refractivity (Wildman–Crippen MR) is 113 cm³/mol. The Morgan fingerprint density at radius 1 is 1.19 bits per heavy atom. The zero-order valence-corrected chi connectivity index (χ0v) is 17.5. The molecule has 3 N–H and O–H groups in total. The fourth-order valence-electron chi connectivity index (χ4n) is 2.27. The summed E-state index contributed by atoms with van der Waals surface area (Å²) in [4.78, 5) is 22.2. The van der Waals surface area contributed by atoms with Gasteiger partial charge in [-0.3, -0.25) is 4.79 Å². The maximum atomic E-state index is 11.7. The van der Waals surface area contributed by atoms with E-state index < -0.39 is 0 Å². The number of aryl methyl sites for hydroxylation is 2. The SMILES string of the molecule is CCNC(=NCc1ccc(NC(=O)C(C)C)cc1)NCc1nc(C)c(C)s1. The van der Waals surface area contributed by atoms with Gasteiger partial charge in [-0.2, -0.15) is 0 Å². The van der Waals surface area contributed by atoms with Gasteiger partial charge in [-0.25, -0.2) is 9.98 Å². The topological polar surface area (TPSA) is 78.4 Å². The predicted octanol–water partition coefficient (Wildman–Crippen LogP) is 3.61. The first-order valence-corrected chi connectivity index (χ1v) is 10.1. The average molecular weight is 388 g/mol. The summed E-state index contributed by atoms with van der Waals surface area (Å²) in [6.07, 6.45) is 0. The Hall–Kier alpha value is -2.41. The number of benzene rings is 1. The van der Waals surface area contributed by atoms with Gasteiger partial charge in [0.25, 0.3) is 0 Å². The largest absolute Gasteiger partial charge is 0.357 e. The summed E-state index contributed by atoms with van der Waals surface area (Å²) in [5, 5.41) is 10.5. The van der Waals surface area contributed by atoms with Gasteiger partial charge in [-0.15, -0.1) is 11.3 Å². The third kappa shape index (κ3) is 6.67. The van der Waals surface area contributed by atoms with Gasteiger partial charge in [0, 0.05) is 23.0 Å². The van der Waals surface area contributed by atoms with Crippen molar-refractivity contribution >= 4 is 28.9 Å². The van der Waals surface area contributed by atoms with E-state index in [9.17, 15) is 4.79 Å². The van der Waals surface area contributed by atoms with E-state index in [0.29, 0.717) is 13.1 Å². The number of nitrogens with zero attached hydrogens (tertiary/aromatic N) is 2. The number of hydrogen-bond donors (Lipinski definition) is 3. The van der Waals surface area contributed by atoms with E-state index >= 15 is 0 Å². The summed E-state index contributed by atoms with van der Waals surface area (Å²) in [5.41, 5.74) is 2.97. The zero-order chi connectivity index (χ0) is 19.8. The van der Waals surface area contributed by atoms with Crippen LogP contribution in [0.2, 0.25) is 0 Å². The number of rotatable bonds is 7. The molecule has 2 rings (SSSR count). The first kappa shape index (κ1) is 20.9. The van der Waals surface area contributed by atoms with E-state index in [1.165, 1.54) is 4.88 Å². The summed E-state index contributed by atoms with van der Waals surface area (Å²) < 4.78 is 0. The summed E-state index contributed by atoms with van der Waals surface area (Å²) in [5.74, 6) is 0.751. The van der Waals surface area contributed by atoms with Crippen molar-refractivity contribution in [2.24, 2.45) is 10.9 Å². The van der Waals surface area contributed by atoms with Crippen molar-refractivity contribution in [3.63, 3.8) is 0 Å². The number of amides is 1. The van der Waals surface area contributed by atoms with Crippen LogP contribution in [0, 0.1) is 19.8 Å². The molecule has 0 aliphatic carbocycles. The lowest BCUT2D eigenvalue weighted by atomic mass is 10.2. The first-order chi connectivity index (χ1) is 12.9. The van der Waals surface area contributed by atoms with Gasteiger partial charge in [-0.05, 0) is 38.5 Å². The highest BCUT2D eigenvalue weighted by Gasteiger charge is 2.07. The van der Waals surface area contributed by atoms with Crippen molar-refractivity contribution in [2.75, 3.05) is 11.9 Å². The smallest absolute Gasteiger partial charge is 0.226 e. The third-order valence-electron chi connectivity index (χ3n) is 3.99. The molecule has 0 aliphatic heterocycles. The second-order valence-electron chi connectivity index (χ2n) is 6.64. The normalized spacial score (nSPS) is 11.6. The number of aliphatic imine (C=N–C) groups is 1. The van der Waals surface area contributed by atoms with Crippen molar-refractivity contribution in [2.45, 2.75) is 47.7 Å². The molecular weight excluding hydrogens is 358 g/mol. The van der Waals surface area contributed by atoms with Gasteiger partial charge >= 0.3 is 0 Å². The average Bonchev–Trinajstić information content (AvgIpc) is 2.96. The fraction of sp³-hybridized carbons (Fsp3) is 0.450. The second-order valence-corrected chi connectivity index (χ2v) is 7.93. The van der Waals surface area contributed by atoms with Crippen LogP contribution in [0.4, 0.5) is 5.69 Å². The fourth-order valence-corrected chi connectivity index (χ4v) is 3.14. The molecule has 0 bridgehead atoms. The minimum Gasteiger partial charge on any atom is -0.357 e. The quantitative estimate of drug-likeness (QED) is 0.501. The Balaban J connectivity index is 1.94. The Kier molecular flexibility index (Phi) is 7.79. The van der Waals surface area contributed by atoms with Gasteiger partial charge in [-0.1, -0.05) is 26.0 Å². The molecule has 0 aliphatic rings. The van der Waals surface area contributed by atoms with E-state index in [1.54, 1.807) is 11.3 Å². The monoisotopic (exact) mass is 387 g/mol. The molecule has 0 spiro atoms. The van der Waals surface area contributed by atoms with Crippen molar-refractivity contribution in [1.29, 1.82) is 0 Å². The number of carbonyl (C=O) groups excluding carboxylic acids is 1. The summed E-state index contributed by atoms with van der Waals surface area (Å²) in [6, 6.07) is 7.78. The summed E-state index contributed by atoms with van der Waals surface area (Å²) in [7, 11) is 0. The maximum absolute atomic E-state index is 11.7. The molecule has 2 aromatic rings. The molecule has 0 saturated carbocycles. The van der Waals surface area contributed by atoms with E-state index in [0.717, 1.165) is 34.5 Å². The Morgan fingerprint density at radius 3 is 2.44 bits per heavy atom. The van der Waals surface area contributed by atoms with Crippen LogP contribution < -0.4 is 16.0 Å². The van der Waals surface area contributed by atoms with Crippen LogP contribution in [0.25, 0.3) is 0 Å². The molecule has 146 valence electrons. The zero-order valence-electron chi connectivity index (χ0n) is 16.7. The minimum absolute atomic E-state index is 0.0204. The van der Waals surface area contributed by atoms with Gasteiger partial charge in [0.05, 0.1) is 18.8 Å². The van der Waals surface area contributed by atoms with Crippen LogP contribution in [-0.4, -0.2) is 23.4 Å². The highest BCUT2D eigenvalue weighted by Crippen LogP contribution is 2.16. The molecule has 7 heteroatoms. The number of aromatic nitrogens is 1. The van der Waals surface area contributed by atoms with Crippen LogP contribution in [-0.2, 0) is 17.9 Å². The third-order valence-corrected chi connectivity index (χ3v) is 5.06. The molecule has 0 fully saturated rings. The summed E-state index contributed by atoms with van der Waals surface area (Å²) >= 11 is 1.71. The Labute approximate surface area is 165 Å². The van der Waals surface area contributed by atoms with E-state index in [-0.39, 0.29) is 11.8 Å². The van der Waals surface area contributed by atoms with Crippen molar-refractivity contribution in [3.8, 4) is 0 Å². The molecule has 0 unspecified atom stereocenters. The lowest BCUT2D eigenvalue weighted by Gasteiger charge is -2.11. The van der Waals surface area contributed by atoms with Crippen molar-refractivity contribution < 1.29 is 4.79 Å². The van der Waals surface area contributed by atoms with Gasteiger partial charge in [0.2, 0.25) is 5.91 Å².